The zero-order chi connectivity index (χ0) is 16.0. The number of aliphatic hydroxyl groups is 1. The molecule has 2 N–H and O–H groups in total. The minimum absolute atomic E-state index is 0.299. The lowest BCUT2D eigenvalue weighted by Crippen LogP contribution is -2.48. The molecule has 0 aliphatic heterocycles. The first kappa shape index (κ1) is 17.5. The molecule has 0 aliphatic rings. The monoisotopic (exact) mass is 295 g/mol. The molecule has 0 saturated heterocycles. The summed E-state index contributed by atoms with van der Waals surface area (Å²) in [5.74, 6) is 0.610. The molecule has 0 aromatic heterocycles. The molecule has 0 aliphatic carbocycles. The van der Waals surface area contributed by atoms with Crippen molar-refractivity contribution in [2.24, 2.45) is 0 Å². The molecule has 1 rings (SSSR count). The minimum atomic E-state index is -1.05. The fourth-order valence-electron chi connectivity index (χ4n) is 1.80. The number of esters is 1. The number of carbonyl (C=O) groups excluding carboxylic acids is 1. The summed E-state index contributed by atoms with van der Waals surface area (Å²) in [5.41, 5.74) is -0.225. The summed E-state index contributed by atoms with van der Waals surface area (Å²) in [6, 6.07) is 5.44. The Morgan fingerprint density at radius 2 is 2.05 bits per heavy atom. The van der Waals surface area contributed by atoms with Crippen molar-refractivity contribution in [3.05, 3.63) is 23.8 Å². The predicted molar refractivity (Wildman–Crippen MR) is 81.2 cm³/mol. The smallest absolute Gasteiger partial charge is 0.311 e. The van der Waals surface area contributed by atoms with Crippen LogP contribution in [0.1, 0.15) is 46.1 Å². The number of rotatable bonds is 7. The van der Waals surface area contributed by atoms with Crippen molar-refractivity contribution >= 4 is 5.97 Å². The minimum Gasteiger partial charge on any atom is -0.471 e. The number of aryl methyl sites for hydroxylation is 1. The van der Waals surface area contributed by atoms with E-state index >= 15 is 0 Å². The standard InChI is InChI=1S/C16H25NO4/c1-6-13(17-16(4,5)19)20-12-10-8-9-11(3)15(12)21-14(18)7-2/h8-10,13,17,19H,6-7H2,1-5H3. The molecule has 0 bridgehead atoms. The van der Waals surface area contributed by atoms with Gasteiger partial charge in [-0.25, -0.2) is 0 Å². The predicted octanol–water partition coefficient (Wildman–Crippen LogP) is 2.74. The molecule has 5 nitrogen and oxygen atoms in total. The van der Waals surface area contributed by atoms with Crippen LogP contribution in [0.25, 0.3) is 0 Å². The highest BCUT2D eigenvalue weighted by Gasteiger charge is 2.21. The Kier molecular flexibility index (Phi) is 6.18. The van der Waals surface area contributed by atoms with Crippen LogP contribution >= 0.6 is 0 Å². The molecule has 0 saturated carbocycles. The Hall–Kier alpha value is -1.59. The largest absolute Gasteiger partial charge is 0.471 e. The molecule has 0 amide bonds. The van der Waals surface area contributed by atoms with Crippen LogP contribution in [0.15, 0.2) is 18.2 Å². The average Bonchev–Trinajstić information content (AvgIpc) is 2.40. The lowest BCUT2D eigenvalue weighted by Gasteiger charge is -2.28. The number of hydrogen-bond acceptors (Lipinski definition) is 5. The molecule has 0 radical (unpaired) electrons. The fourth-order valence-corrected chi connectivity index (χ4v) is 1.80. The van der Waals surface area contributed by atoms with Crippen molar-refractivity contribution in [1.82, 2.24) is 5.32 Å². The quantitative estimate of drug-likeness (QED) is 0.460. The number of para-hydroxylation sites is 1. The van der Waals surface area contributed by atoms with Gasteiger partial charge in [-0.05, 0) is 38.8 Å². The van der Waals surface area contributed by atoms with Gasteiger partial charge in [0, 0.05) is 6.42 Å². The molecule has 1 atom stereocenters. The third-order valence-corrected chi connectivity index (χ3v) is 2.83. The lowest BCUT2D eigenvalue weighted by atomic mass is 10.2. The van der Waals surface area contributed by atoms with Crippen LogP contribution in [-0.2, 0) is 4.79 Å². The zero-order valence-corrected chi connectivity index (χ0v) is 13.4. The first-order valence-electron chi connectivity index (χ1n) is 7.23. The van der Waals surface area contributed by atoms with Crippen molar-refractivity contribution in [2.75, 3.05) is 0 Å². The van der Waals surface area contributed by atoms with Gasteiger partial charge >= 0.3 is 5.97 Å². The summed E-state index contributed by atoms with van der Waals surface area (Å²) in [5, 5.41) is 12.8. The van der Waals surface area contributed by atoms with E-state index in [2.05, 4.69) is 5.32 Å². The van der Waals surface area contributed by atoms with Gasteiger partial charge in [0.2, 0.25) is 0 Å². The van der Waals surface area contributed by atoms with Crippen LogP contribution < -0.4 is 14.8 Å². The number of carbonyl (C=O) groups is 1. The first-order valence-corrected chi connectivity index (χ1v) is 7.23. The molecule has 1 aromatic carbocycles. The summed E-state index contributed by atoms with van der Waals surface area (Å²) in [7, 11) is 0. The van der Waals surface area contributed by atoms with Gasteiger partial charge in [-0.1, -0.05) is 26.0 Å². The SMILES string of the molecule is CCC(=O)Oc1c(C)cccc1OC(CC)NC(C)(C)O. The van der Waals surface area contributed by atoms with E-state index in [1.165, 1.54) is 0 Å². The van der Waals surface area contributed by atoms with Crippen LogP contribution in [0.4, 0.5) is 0 Å². The van der Waals surface area contributed by atoms with E-state index in [1.54, 1.807) is 26.8 Å². The highest BCUT2D eigenvalue weighted by atomic mass is 16.6. The molecule has 1 aromatic rings. The van der Waals surface area contributed by atoms with Gasteiger partial charge in [-0.15, -0.1) is 0 Å². The molecule has 0 heterocycles. The number of ether oxygens (including phenoxy) is 2. The maximum Gasteiger partial charge on any atom is 0.311 e. The Balaban J connectivity index is 2.96. The number of nitrogens with one attached hydrogen (secondary N) is 1. The molecule has 0 spiro atoms. The summed E-state index contributed by atoms with van der Waals surface area (Å²) < 4.78 is 11.2. The van der Waals surface area contributed by atoms with Crippen molar-refractivity contribution < 1.29 is 19.4 Å². The van der Waals surface area contributed by atoms with Gasteiger partial charge < -0.3 is 14.6 Å². The molecule has 21 heavy (non-hydrogen) atoms. The maximum absolute atomic E-state index is 11.5. The van der Waals surface area contributed by atoms with Crippen molar-refractivity contribution in [2.45, 2.75) is 59.4 Å². The highest BCUT2D eigenvalue weighted by Crippen LogP contribution is 2.32. The summed E-state index contributed by atoms with van der Waals surface area (Å²) in [4.78, 5) is 11.5. The van der Waals surface area contributed by atoms with Crippen molar-refractivity contribution in [3.63, 3.8) is 0 Å². The normalized spacial score (nSPS) is 12.9. The van der Waals surface area contributed by atoms with Gasteiger partial charge in [-0.3, -0.25) is 10.1 Å². The van der Waals surface area contributed by atoms with Crippen molar-refractivity contribution in [3.8, 4) is 11.5 Å². The molecule has 5 heteroatoms. The molecule has 1 unspecified atom stereocenters. The average molecular weight is 295 g/mol. The number of hydrogen-bond donors (Lipinski definition) is 2. The van der Waals surface area contributed by atoms with Crippen LogP contribution in [0.3, 0.4) is 0 Å². The Labute approximate surface area is 126 Å². The van der Waals surface area contributed by atoms with E-state index in [4.69, 9.17) is 9.47 Å². The Morgan fingerprint density at radius 1 is 1.38 bits per heavy atom. The third-order valence-electron chi connectivity index (χ3n) is 2.83. The van der Waals surface area contributed by atoms with Gasteiger partial charge in [0.15, 0.2) is 17.7 Å². The summed E-state index contributed by atoms with van der Waals surface area (Å²) in [6.07, 6.45) is 0.567. The second-order valence-corrected chi connectivity index (χ2v) is 5.45. The molecule has 0 fully saturated rings. The van der Waals surface area contributed by atoms with Gasteiger partial charge in [-0.2, -0.15) is 0 Å². The van der Waals surface area contributed by atoms with Crippen LogP contribution in [0.5, 0.6) is 11.5 Å². The van der Waals surface area contributed by atoms with E-state index < -0.39 is 5.72 Å². The molecular weight excluding hydrogens is 270 g/mol. The van der Waals surface area contributed by atoms with Gasteiger partial charge in [0.05, 0.1) is 0 Å². The summed E-state index contributed by atoms with van der Waals surface area (Å²) in [6.45, 7) is 8.83. The Bertz CT molecular complexity index is 480. The van der Waals surface area contributed by atoms with E-state index in [0.29, 0.717) is 24.3 Å². The maximum atomic E-state index is 11.5. The van der Waals surface area contributed by atoms with E-state index in [1.807, 2.05) is 26.0 Å². The van der Waals surface area contributed by atoms with E-state index in [0.717, 1.165) is 5.56 Å². The highest BCUT2D eigenvalue weighted by molar-refractivity contribution is 5.73. The second-order valence-electron chi connectivity index (χ2n) is 5.45. The van der Waals surface area contributed by atoms with Crippen LogP contribution in [0, 0.1) is 6.92 Å². The first-order chi connectivity index (χ1) is 9.76. The molecular formula is C16H25NO4. The van der Waals surface area contributed by atoms with E-state index in [9.17, 15) is 9.90 Å². The topological polar surface area (TPSA) is 67.8 Å². The molecule has 118 valence electrons. The van der Waals surface area contributed by atoms with Gasteiger partial charge in [0.1, 0.15) is 5.72 Å². The second kappa shape index (κ2) is 7.43. The number of benzene rings is 1. The van der Waals surface area contributed by atoms with Crippen LogP contribution in [-0.4, -0.2) is 23.0 Å². The third kappa shape index (κ3) is 5.73. The van der Waals surface area contributed by atoms with E-state index in [-0.39, 0.29) is 12.2 Å². The van der Waals surface area contributed by atoms with Gasteiger partial charge in [0.25, 0.3) is 0 Å². The zero-order valence-electron chi connectivity index (χ0n) is 13.4. The summed E-state index contributed by atoms with van der Waals surface area (Å²) >= 11 is 0. The fraction of sp³-hybridized carbons (Fsp3) is 0.562. The Morgan fingerprint density at radius 3 is 2.57 bits per heavy atom. The van der Waals surface area contributed by atoms with Crippen LogP contribution in [0.2, 0.25) is 0 Å². The van der Waals surface area contributed by atoms with Crippen molar-refractivity contribution in [1.29, 1.82) is 0 Å². The lowest BCUT2D eigenvalue weighted by molar-refractivity contribution is -0.134.